The van der Waals surface area contributed by atoms with E-state index in [1.54, 1.807) is 11.0 Å². The molecule has 158 valence electrons. The lowest BCUT2D eigenvalue weighted by atomic mass is 9.96. The van der Waals surface area contributed by atoms with E-state index in [9.17, 15) is 14.0 Å². The van der Waals surface area contributed by atoms with E-state index in [2.05, 4.69) is 10.6 Å². The number of halogens is 1. The van der Waals surface area contributed by atoms with Gasteiger partial charge in [0.2, 0.25) is 5.91 Å². The Morgan fingerprint density at radius 3 is 2.57 bits per heavy atom. The molecule has 2 aromatic carbocycles. The second kappa shape index (κ2) is 9.51. The standard InChI is InChI=1S/C23H26FN3O2S/c24-19-8-4-7-18-20(11-14-30-21(18)19)26-23(29)27-12-9-17(10-13-27)22(28)25-15-16-5-2-1-3-6-16/h1-8,17,20H,9-15H2,(H,25,28)(H,26,29). The molecule has 0 bridgehead atoms. The molecule has 2 aliphatic heterocycles. The summed E-state index contributed by atoms with van der Waals surface area (Å²) in [5.41, 5.74) is 1.93. The number of nitrogens with one attached hydrogen (secondary N) is 2. The number of thioether (sulfide) groups is 1. The maximum atomic E-state index is 14.0. The van der Waals surface area contributed by atoms with E-state index in [-0.39, 0.29) is 29.7 Å². The van der Waals surface area contributed by atoms with Gasteiger partial charge in [-0.05, 0) is 36.5 Å². The van der Waals surface area contributed by atoms with E-state index in [0.717, 1.165) is 23.3 Å². The molecule has 2 aliphatic rings. The fourth-order valence-corrected chi connectivity index (χ4v) is 5.19. The molecule has 1 unspecified atom stereocenters. The van der Waals surface area contributed by atoms with Crippen molar-refractivity contribution < 1.29 is 14.0 Å². The van der Waals surface area contributed by atoms with Crippen molar-refractivity contribution in [1.82, 2.24) is 15.5 Å². The predicted molar refractivity (Wildman–Crippen MR) is 116 cm³/mol. The number of benzene rings is 2. The van der Waals surface area contributed by atoms with Crippen LogP contribution in [0.5, 0.6) is 0 Å². The Hall–Kier alpha value is -2.54. The maximum Gasteiger partial charge on any atom is 0.317 e. The van der Waals surface area contributed by atoms with Crippen molar-refractivity contribution >= 4 is 23.7 Å². The van der Waals surface area contributed by atoms with Crippen LogP contribution < -0.4 is 10.6 Å². The average Bonchev–Trinajstić information content (AvgIpc) is 2.79. The maximum absolute atomic E-state index is 14.0. The van der Waals surface area contributed by atoms with E-state index in [4.69, 9.17) is 0 Å². The quantitative estimate of drug-likeness (QED) is 0.772. The number of hydrogen-bond acceptors (Lipinski definition) is 3. The van der Waals surface area contributed by atoms with Crippen LogP contribution in [-0.2, 0) is 11.3 Å². The topological polar surface area (TPSA) is 61.4 Å². The Morgan fingerprint density at radius 2 is 1.80 bits per heavy atom. The molecule has 4 rings (SSSR count). The highest BCUT2D eigenvalue weighted by molar-refractivity contribution is 7.99. The third kappa shape index (κ3) is 4.78. The molecule has 2 aromatic rings. The van der Waals surface area contributed by atoms with Crippen LogP contribution in [0.3, 0.4) is 0 Å². The highest BCUT2D eigenvalue weighted by Gasteiger charge is 2.30. The number of rotatable bonds is 4. The van der Waals surface area contributed by atoms with Crippen molar-refractivity contribution in [3.63, 3.8) is 0 Å². The minimum absolute atomic E-state index is 0.0487. The van der Waals surface area contributed by atoms with Crippen LogP contribution in [0, 0.1) is 11.7 Å². The van der Waals surface area contributed by atoms with Crippen LogP contribution in [0.4, 0.5) is 9.18 Å². The van der Waals surface area contributed by atoms with Gasteiger partial charge in [-0.2, -0.15) is 0 Å². The van der Waals surface area contributed by atoms with Crippen molar-refractivity contribution in [3.8, 4) is 0 Å². The van der Waals surface area contributed by atoms with Gasteiger partial charge in [-0.3, -0.25) is 4.79 Å². The van der Waals surface area contributed by atoms with Gasteiger partial charge in [-0.25, -0.2) is 9.18 Å². The number of nitrogens with zero attached hydrogens (tertiary/aromatic N) is 1. The van der Waals surface area contributed by atoms with Crippen molar-refractivity contribution in [2.75, 3.05) is 18.8 Å². The Bertz CT molecular complexity index is 901. The summed E-state index contributed by atoms with van der Waals surface area (Å²) >= 11 is 1.50. The highest BCUT2D eigenvalue weighted by atomic mass is 32.2. The van der Waals surface area contributed by atoms with E-state index in [0.29, 0.717) is 37.4 Å². The molecule has 2 heterocycles. The second-order valence-electron chi connectivity index (χ2n) is 7.76. The van der Waals surface area contributed by atoms with E-state index < -0.39 is 0 Å². The summed E-state index contributed by atoms with van der Waals surface area (Å²) in [7, 11) is 0. The third-order valence-corrected chi connectivity index (χ3v) is 6.95. The summed E-state index contributed by atoms with van der Waals surface area (Å²) in [4.78, 5) is 27.6. The average molecular weight is 428 g/mol. The van der Waals surface area contributed by atoms with Crippen LogP contribution in [0.15, 0.2) is 53.4 Å². The highest BCUT2D eigenvalue weighted by Crippen LogP contribution is 2.37. The van der Waals surface area contributed by atoms with Crippen LogP contribution >= 0.6 is 11.8 Å². The smallest absolute Gasteiger partial charge is 0.317 e. The zero-order valence-corrected chi connectivity index (χ0v) is 17.6. The fraction of sp³-hybridized carbons (Fsp3) is 0.391. The normalized spacial score (nSPS) is 19.1. The summed E-state index contributed by atoms with van der Waals surface area (Å²) in [5.74, 6) is 0.535. The number of piperidine rings is 1. The predicted octanol–water partition coefficient (Wildman–Crippen LogP) is 4.10. The summed E-state index contributed by atoms with van der Waals surface area (Å²) < 4.78 is 14.0. The molecule has 0 aromatic heterocycles. The summed E-state index contributed by atoms with van der Waals surface area (Å²) in [6.07, 6.45) is 2.09. The van der Waals surface area contributed by atoms with E-state index >= 15 is 0 Å². The molecule has 3 amide bonds. The Balaban J connectivity index is 1.27. The molecule has 1 atom stereocenters. The molecule has 7 heteroatoms. The van der Waals surface area contributed by atoms with Crippen LogP contribution in [-0.4, -0.2) is 35.7 Å². The summed E-state index contributed by atoms with van der Waals surface area (Å²) in [6.45, 7) is 1.62. The Morgan fingerprint density at radius 1 is 1.03 bits per heavy atom. The van der Waals surface area contributed by atoms with Gasteiger partial charge in [0, 0.05) is 36.2 Å². The monoisotopic (exact) mass is 427 g/mol. The third-order valence-electron chi connectivity index (χ3n) is 5.79. The van der Waals surface area contributed by atoms with Gasteiger partial charge < -0.3 is 15.5 Å². The molecular formula is C23H26FN3O2S. The van der Waals surface area contributed by atoms with Gasteiger partial charge in [0.15, 0.2) is 0 Å². The van der Waals surface area contributed by atoms with Gasteiger partial charge in [-0.1, -0.05) is 42.5 Å². The lowest BCUT2D eigenvalue weighted by Gasteiger charge is -2.34. The number of urea groups is 1. The van der Waals surface area contributed by atoms with Crippen molar-refractivity contribution in [3.05, 3.63) is 65.5 Å². The first kappa shape index (κ1) is 20.7. The van der Waals surface area contributed by atoms with E-state index in [1.807, 2.05) is 36.4 Å². The van der Waals surface area contributed by atoms with Crippen molar-refractivity contribution in [1.29, 1.82) is 0 Å². The summed E-state index contributed by atoms with van der Waals surface area (Å²) in [6, 6.07) is 14.6. The zero-order valence-electron chi connectivity index (χ0n) is 16.8. The minimum atomic E-state index is -0.223. The number of carbonyl (C=O) groups excluding carboxylic acids is 2. The molecule has 5 nitrogen and oxygen atoms in total. The molecular weight excluding hydrogens is 401 g/mol. The van der Waals surface area contributed by atoms with E-state index in [1.165, 1.54) is 17.8 Å². The lowest BCUT2D eigenvalue weighted by molar-refractivity contribution is -0.126. The largest absolute Gasteiger partial charge is 0.352 e. The van der Waals surface area contributed by atoms with Crippen molar-refractivity contribution in [2.45, 2.75) is 36.7 Å². The molecule has 2 N–H and O–H groups in total. The first-order valence-corrected chi connectivity index (χ1v) is 11.4. The first-order valence-electron chi connectivity index (χ1n) is 10.4. The molecule has 0 saturated carbocycles. The molecule has 1 saturated heterocycles. The van der Waals surface area contributed by atoms with Gasteiger partial charge >= 0.3 is 6.03 Å². The zero-order chi connectivity index (χ0) is 20.9. The SMILES string of the molecule is O=C(NCc1ccccc1)C1CCN(C(=O)NC2CCSc3c(F)cccc32)CC1. The van der Waals surface area contributed by atoms with Crippen LogP contribution in [0.2, 0.25) is 0 Å². The fourth-order valence-electron chi connectivity index (χ4n) is 4.05. The van der Waals surface area contributed by atoms with Gasteiger partial charge in [0.05, 0.1) is 6.04 Å². The van der Waals surface area contributed by atoms with Crippen molar-refractivity contribution in [2.24, 2.45) is 5.92 Å². The second-order valence-corrected chi connectivity index (χ2v) is 8.87. The van der Waals surface area contributed by atoms with Crippen LogP contribution in [0.1, 0.15) is 36.4 Å². The first-order chi connectivity index (χ1) is 14.6. The number of carbonyl (C=O) groups is 2. The Kier molecular flexibility index (Phi) is 6.57. The molecule has 0 radical (unpaired) electrons. The van der Waals surface area contributed by atoms with Gasteiger partial charge in [-0.15, -0.1) is 11.8 Å². The number of hydrogen-bond donors (Lipinski definition) is 2. The van der Waals surface area contributed by atoms with Crippen LogP contribution in [0.25, 0.3) is 0 Å². The van der Waals surface area contributed by atoms with Gasteiger partial charge in [0.25, 0.3) is 0 Å². The Labute approximate surface area is 180 Å². The molecule has 1 fully saturated rings. The molecule has 0 spiro atoms. The molecule has 0 aliphatic carbocycles. The number of fused-ring (bicyclic) bond motifs is 1. The summed E-state index contributed by atoms with van der Waals surface area (Å²) in [5, 5.41) is 6.07. The van der Waals surface area contributed by atoms with Gasteiger partial charge in [0.1, 0.15) is 5.82 Å². The molecule has 30 heavy (non-hydrogen) atoms. The lowest BCUT2D eigenvalue weighted by Crippen LogP contribution is -2.48. The minimum Gasteiger partial charge on any atom is -0.352 e. The number of amides is 3. The number of likely N-dealkylation sites (tertiary alicyclic amines) is 1.